The first-order valence-corrected chi connectivity index (χ1v) is 5.82. The Morgan fingerprint density at radius 1 is 1.44 bits per heavy atom. The summed E-state index contributed by atoms with van der Waals surface area (Å²) < 4.78 is 26.4. The van der Waals surface area contributed by atoms with Gasteiger partial charge >= 0.3 is 0 Å². The van der Waals surface area contributed by atoms with Crippen LogP contribution in [0, 0.1) is 5.92 Å². The summed E-state index contributed by atoms with van der Waals surface area (Å²) in [6.45, 7) is 7.55. The lowest BCUT2D eigenvalue weighted by molar-refractivity contribution is -0.129. The van der Waals surface area contributed by atoms with E-state index in [1.807, 2.05) is 13.8 Å². The van der Waals surface area contributed by atoms with Crippen molar-refractivity contribution in [1.29, 1.82) is 0 Å². The van der Waals surface area contributed by atoms with Gasteiger partial charge in [-0.15, -0.1) is 0 Å². The SMILES string of the molecule is CC.CC(C)C(=O)NC1CCNCC1(F)F. The molecule has 0 spiro atoms. The maximum absolute atomic E-state index is 13.2. The molecule has 0 bridgehead atoms. The van der Waals surface area contributed by atoms with Crippen LogP contribution in [0.3, 0.4) is 0 Å². The molecule has 16 heavy (non-hydrogen) atoms. The van der Waals surface area contributed by atoms with Crippen molar-refractivity contribution in [2.75, 3.05) is 13.1 Å². The van der Waals surface area contributed by atoms with Gasteiger partial charge in [0, 0.05) is 5.92 Å². The van der Waals surface area contributed by atoms with Gasteiger partial charge in [0.2, 0.25) is 5.91 Å². The molecule has 1 rings (SSSR count). The molecule has 3 nitrogen and oxygen atoms in total. The highest BCUT2D eigenvalue weighted by atomic mass is 19.3. The standard InChI is InChI=1S/C9H16F2N2O.C2H6/c1-6(2)8(14)13-7-3-4-12-5-9(7,10)11;1-2/h6-7,12H,3-5H2,1-2H3,(H,13,14);1-2H3. The molecule has 1 aliphatic heterocycles. The van der Waals surface area contributed by atoms with Gasteiger partial charge in [0.05, 0.1) is 12.6 Å². The zero-order valence-corrected chi connectivity index (χ0v) is 10.4. The summed E-state index contributed by atoms with van der Waals surface area (Å²) in [5.41, 5.74) is 0. The van der Waals surface area contributed by atoms with Crippen LogP contribution in [0.2, 0.25) is 0 Å². The molecular formula is C11H22F2N2O. The van der Waals surface area contributed by atoms with E-state index in [2.05, 4.69) is 10.6 Å². The van der Waals surface area contributed by atoms with E-state index in [4.69, 9.17) is 0 Å². The van der Waals surface area contributed by atoms with Crippen LogP contribution in [0.15, 0.2) is 0 Å². The summed E-state index contributed by atoms with van der Waals surface area (Å²) in [6.07, 6.45) is 0.283. The van der Waals surface area contributed by atoms with Crippen molar-refractivity contribution in [2.45, 2.75) is 46.1 Å². The van der Waals surface area contributed by atoms with E-state index >= 15 is 0 Å². The summed E-state index contributed by atoms with van der Waals surface area (Å²) in [5.74, 6) is -3.39. The molecule has 1 heterocycles. The number of piperidine rings is 1. The van der Waals surface area contributed by atoms with Crippen LogP contribution in [0.1, 0.15) is 34.1 Å². The smallest absolute Gasteiger partial charge is 0.280 e. The second-order valence-corrected chi connectivity index (χ2v) is 3.94. The number of carbonyl (C=O) groups is 1. The summed E-state index contributed by atoms with van der Waals surface area (Å²) >= 11 is 0. The number of alkyl halides is 2. The van der Waals surface area contributed by atoms with Crippen LogP contribution < -0.4 is 10.6 Å². The van der Waals surface area contributed by atoms with Gasteiger partial charge in [-0.25, -0.2) is 8.78 Å². The topological polar surface area (TPSA) is 41.1 Å². The lowest BCUT2D eigenvalue weighted by Crippen LogP contribution is -2.57. The van der Waals surface area contributed by atoms with Crippen molar-refractivity contribution in [1.82, 2.24) is 10.6 Å². The molecule has 1 amide bonds. The zero-order chi connectivity index (χ0) is 12.8. The van der Waals surface area contributed by atoms with Gasteiger partial charge in [0.15, 0.2) is 0 Å². The Kier molecular flexibility index (Phi) is 6.48. The fourth-order valence-corrected chi connectivity index (χ4v) is 1.35. The van der Waals surface area contributed by atoms with Gasteiger partial charge in [-0.2, -0.15) is 0 Å². The molecule has 0 radical (unpaired) electrons. The molecule has 1 fully saturated rings. The molecule has 0 aliphatic carbocycles. The van der Waals surface area contributed by atoms with E-state index < -0.39 is 12.0 Å². The van der Waals surface area contributed by atoms with Crippen molar-refractivity contribution >= 4 is 5.91 Å². The van der Waals surface area contributed by atoms with Gasteiger partial charge in [-0.3, -0.25) is 4.79 Å². The molecule has 96 valence electrons. The fourth-order valence-electron chi connectivity index (χ4n) is 1.35. The normalized spacial score (nSPS) is 23.3. The molecule has 0 aromatic heterocycles. The number of nitrogens with one attached hydrogen (secondary N) is 2. The van der Waals surface area contributed by atoms with Crippen molar-refractivity contribution in [3.8, 4) is 0 Å². The van der Waals surface area contributed by atoms with Crippen LogP contribution in [-0.4, -0.2) is 31.0 Å². The van der Waals surface area contributed by atoms with Crippen molar-refractivity contribution < 1.29 is 13.6 Å². The van der Waals surface area contributed by atoms with E-state index in [9.17, 15) is 13.6 Å². The van der Waals surface area contributed by atoms with Crippen molar-refractivity contribution in [3.63, 3.8) is 0 Å². The Bertz CT molecular complexity index is 220. The summed E-state index contributed by atoms with van der Waals surface area (Å²) in [7, 11) is 0. The molecule has 0 aromatic carbocycles. The maximum atomic E-state index is 13.2. The number of rotatable bonds is 2. The highest BCUT2D eigenvalue weighted by Gasteiger charge is 2.42. The average Bonchev–Trinajstić information content (AvgIpc) is 2.23. The number of carbonyl (C=O) groups excluding carboxylic acids is 1. The highest BCUT2D eigenvalue weighted by Crippen LogP contribution is 2.23. The first-order valence-electron chi connectivity index (χ1n) is 5.82. The summed E-state index contributed by atoms with van der Waals surface area (Å²) in [4.78, 5) is 11.2. The van der Waals surface area contributed by atoms with Crippen LogP contribution in [-0.2, 0) is 4.79 Å². The Morgan fingerprint density at radius 2 is 2.00 bits per heavy atom. The third kappa shape index (κ3) is 4.43. The quantitative estimate of drug-likeness (QED) is 0.767. The minimum atomic E-state index is -2.83. The van der Waals surface area contributed by atoms with Gasteiger partial charge in [-0.1, -0.05) is 27.7 Å². The molecule has 1 atom stereocenters. The largest absolute Gasteiger partial charge is 0.347 e. The van der Waals surface area contributed by atoms with Gasteiger partial charge < -0.3 is 10.6 Å². The minimum absolute atomic E-state index is 0.249. The van der Waals surface area contributed by atoms with E-state index in [0.29, 0.717) is 6.54 Å². The zero-order valence-electron chi connectivity index (χ0n) is 10.4. The fraction of sp³-hybridized carbons (Fsp3) is 0.909. The molecule has 1 aliphatic rings. The van der Waals surface area contributed by atoms with Crippen LogP contribution in [0.5, 0.6) is 0 Å². The van der Waals surface area contributed by atoms with E-state index in [1.54, 1.807) is 13.8 Å². The van der Waals surface area contributed by atoms with Gasteiger partial charge in [0.25, 0.3) is 5.92 Å². The Hall–Kier alpha value is -0.710. The number of amides is 1. The molecule has 1 unspecified atom stereocenters. The van der Waals surface area contributed by atoms with Crippen molar-refractivity contribution in [2.24, 2.45) is 5.92 Å². The lowest BCUT2D eigenvalue weighted by Gasteiger charge is -2.32. The predicted molar refractivity (Wildman–Crippen MR) is 60.6 cm³/mol. The van der Waals surface area contributed by atoms with E-state index in [1.165, 1.54) is 0 Å². The second kappa shape index (κ2) is 6.78. The van der Waals surface area contributed by atoms with E-state index in [0.717, 1.165) is 0 Å². The van der Waals surface area contributed by atoms with Gasteiger partial charge in [-0.05, 0) is 13.0 Å². The van der Waals surface area contributed by atoms with E-state index in [-0.39, 0.29) is 24.8 Å². The number of hydrogen-bond acceptors (Lipinski definition) is 2. The highest BCUT2D eigenvalue weighted by molar-refractivity contribution is 5.78. The molecule has 1 saturated heterocycles. The molecule has 2 N–H and O–H groups in total. The first-order chi connectivity index (χ1) is 7.43. The number of hydrogen-bond donors (Lipinski definition) is 2. The summed E-state index contributed by atoms with van der Waals surface area (Å²) in [5, 5.41) is 4.99. The summed E-state index contributed by atoms with van der Waals surface area (Å²) in [6, 6.07) is -1.02. The van der Waals surface area contributed by atoms with Crippen LogP contribution in [0.25, 0.3) is 0 Å². The van der Waals surface area contributed by atoms with Crippen LogP contribution >= 0.6 is 0 Å². The minimum Gasteiger partial charge on any atom is -0.347 e. The molecule has 5 heteroatoms. The third-order valence-corrected chi connectivity index (χ3v) is 2.32. The molecular weight excluding hydrogens is 214 g/mol. The Balaban J connectivity index is 0.00000106. The molecule has 0 saturated carbocycles. The first kappa shape index (κ1) is 15.3. The second-order valence-electron chi connectivity index (χ2n) is 3.94. The van der Waals surface area contributed by atoms with Crippen LogP contribution in [0.4, 0.5) is 8.78 Å². The molecule has 0 aromatic rings. The monoisotopic (exact) mass is 236 g/mol. The number of halogens is 2. The Morgan fingerprint density at radius 3 is 2.44 bits per heavy atom. The lowest BCUT2D eigenvalue weighted by atomic mass is 10.0. The van der Waals surface area contributed by atoms with Gasteiger partial charge in [0.1, 0.15) is 0 Å². The maximum Gasteiger partial charge on any atom is 0.280 e. The predicted octanol–water partition coefficient (Wildman–Crippen LogP) is 1.78. The average molecular weight is 236 g/mol. The Labute approximate surface area is 96.0 Å². The van der Waals surface area contributed by atoms with Crippen molar-refractivity contribution in [3.05, 3.63) is 0 Å². The third-order valence-electron chi connectivity index (χ3n) is 2.32.